The van der Waals surface area contributed by atoms with Crippen LogP contribution in [0.15, 0.2) is 42.7 Å². The van der Waals surface area contributed by atoms with Gasteiger partial charge in [0.05, 0.1) is 19.0 Å². The number of ether oxygens (including phenoxy) is 1. The summed E-state index contributed by atoms with van der Waals surface area (Å²) in [4.78, 5) is 19.3. The number of nitrogens with one attached hydrogen (secondary N) is 2. The molecule has 0 bridgehead atoms. The van der Waals surface area contributed by atoms with Crippen LogP contribution in [0, 0.1) is 6.07 Å². The second kappa shape index (κ2) is 5.05. The van der Waals surface area contributed by atoms with Crippen LogP contribution in [0.25, 0.3) is 11.0 Å². The molecule has 20 heavy (non-hydrogen) atoms. The van der Waals surface area contributed by atoms with E-state index in [1.54, 1.807) is 43.8 Å². The number of anilines is 1. The third-order valence-corrected chi connectivity index (χ3v) is 2.90. The van der Waals surface area contributed by atoms with E-state index >= 15 is 0 Å². The minimum absolute atomic E-state index is 0.225. The van der Waals surface area contributed by atoms with E-state index in [4.69, 9.17) is 4.74 Å². The summed E-state index contributed by atoms with van der Waals surface area (Å²) in [6.07, 6.45) is 3.35. The fraction of sp³-hybridized carbons (Fsp3) is 0.0667. The Bertz CT molecular complexity index is 764. The SMILES string of the molecule is COc1cccc(C(=O)Nc2[c]c3cc[nH]c3nc2)c1. The first-order valence-corrected chi connectivity index (χ1v) is 6.07. The number of amides is 1. The van der Waals surface area contributed by atoms with Crippen molar-refractivity contribution in [3.63, 3.8) is 0 Å². The molecule has 0 spiro atoms. The van der Waals surface area contributed by atoms with E-state index in [2.05, 4.69) is 21.4 Å². The molecule has 0 fully saturated rings. The molecule has 0 aliphatic rings. The van der Waals surface area contributed by atoms with Crippen LogP contribution in [0.3, 0.4) is 0 Å². The molecule has 0 saturated heterocycles. The Morgan fingerprint density at radius 1 is 1.40 bits per heavy atom. The Labute approximate surface area is 115 Å². The van der Waals surface area contributed by atoms with Crippen LogP contribution in [0.1, 0.15) is 10.4 Å². The third-order valence-electron chi connectivity index (χ3n) is 2.90. The third kappa shape index (κ3) is 2.33. The molecule has 1 radical (unpaired) electrons. The Kier molecular flexibility index (Phi) is 3.09. The number of pyridine rings is 1. The highest BCUT2D eigenvalue weighted by Crippen LogP contribution is 2.17. The summed E-state index contributed by atoms with van der Waals surface area (Å²) < 4.78 is 5.10. The first kappa shape index (κ1) is 12.2. The number of H-pyrrole nitrogens is 1. The summed E-state index contributed by atoms with van der Waals surface area (Å²) in [5.74, 6) is 0.415. The largest absolute Gasteiger partial charge is 0.497 e. The molecular weight excluding hydrogens is 254 g/mol. The molecule has 2 heterocycles. The number of hydrogen-bond donors (Lipinski definition) is 2. The Morgan fingerprint density at radius 2 is 2.30 bits per heavy atom. The summed E-state index contributed by atoms with van der Waals surface area (Å²) in [6, 6.07) is 11.9. The quantitative estimate of drug-likeness (QED) is 0.765. The van der Waals surface area contributed by atoms with Crippen molar-refractivity contribution in [2.45, 2.75) is 0 Å². The zero-order valence-corrected chi connectivity index (χ0v) is 10.8. The van der Waals surface area contributed by atoms with Crippen molar-refractivity contribution in [3.8, 4) is 5.75 Å². The number of methoxy groups -OCH3 is 1. The first-order valence-electron chi connectivity index (χ1n) is 6.07. The van der Waals surface area contributed by atoms with E-state index in [0.29, 0.717) is 17.0 Å². The number of aromatic nitrogens is 2. The summed E-state index contributed by atoms with van der Waals surface area (Å²) in [5, 5.41) is 3.59. The minimum atomic E-state index is -0.225. The van der Waals surface area contributed by atoms with Crippen LogP contribution in [0.2, 0.25) is 0 Å². The van der Waals surface area contributed by atoms with Gasteiger partial charge in [-0.2, -0.15) is 0 Å². The molecule has 3 rings (SSSR count). The summed E-state index contributed by atoms with van der Waals surface area (Å²) in [6.45, 7) is 0. The Morgan fingerprint density at radius 3 is 3.15 bits per heavy atom. The fourth-order valence-corrected chi connectivity index (χ4v) is 1.90. The molecule has 1 amide bonds. The van der Waals surface area contributed by atoms with Gasteiger partial charge < -0.3 is 15.0 Å². The number of hydrogen-bond acceptors (Lipinski definition) is 3. The van der Waals surface area contributed by atoms with E-state index in [0.717, 1.165) is 11.0 Å². The minimum Gasteiger partial charge on any atom is -0.497 e. The van der Waals surface area contributed by atoms with Gasteiger partial charge in [0.2, 0.25) is 0 Å². The van der Waals surface area contributed by atoms with Crippen LogP contribution in [0.4, 0.5) is 5.69 Å². The monoisotopic (exact) mass is 266 g/mol. The van der Waals surface area contributed by atoms with E-state index < -0.39 is 0 Å². The molecule has 3 aromatic rings. The molecule has 5 heteroatoms. The number of nitrogens with zero attached hydrogens (tertiary/aromatic N) is 1. The van der Waals surface area contributed by atoms with Gasteiger partial charge in [0.1, 0.15) is 11.4 Å². The van der Waals surface area contributed by atoms with Gasteiger partial charge in [-0.3, -0.25) is 4.79 Å². The zero-order chi connectivity index (χ0) is 13.9. The Balaban J connectivity index is 1.83. The number of aromatic amines is 1. The average molecular weight is 266 g/mol. The van der Waals surface area contributed by atoms with E-state index in [9.17, 15) is 4.79 Å². The van der Waals surface area contributed by atoms with Crippen LogP contribution >= 0.6 is 0 Å². The van der Waals surface area contributed by atoms with Gasteiger partial charge in [0.25, 0.3) is 5.91 Å². The number of carbonyl (C=O) groups excluding carboxylic acids is 1. The van der Waals surface area contributed by atoms with Gasteiger partial charge in [-0.05, 0) is 24.3 Å². The van der Waals surface area contributed by atoms with Gasteiger partial charge in [0, 0.05) is 23.2 Å². The van der Waals surface area contributed by atoms with Crippen molar-refractivity contribution in [2.24, 2.45) is 0 Å². The van der Waals surface area contributed by atoms with E-state index in [-0.39, 0.29) is 5.91 Å². The van der Waals surface area contributed by atoms with Crippen LogP contribution in [-0.4, -0.2) is 23.0 Å². The van der Waals surface area contributed by atoms with Gasteiger partial charge in [-0.25, -0.2) is 4.98 Å². The summed E-state index contributed by atoms with van der Waals surface area (Å²) >= 11 is 0. The fourth-order valence-electron chi connectivity index (χ4n) is 1.90. The van der Waals surface area contributed by atoms with E-state index in [1.807, 2.05) is 6.07 Å². The smallest absolute Gasteiger partial charge is 0.255 e. The van der Waals surface area contributed by atoms with Crippen molar-refractivity contribution in [1.29, 1.82) is 0 Å². The molecule has 0 saturated carbocycles. The van der Waals surface area contributed by atoms with Gasteiger partial charge >= 0.3 is 0 Å². The molecule has 0 unspecified atom stereocenters. The normalized spacial score (nSPS) is 10.4. The summed E-state index contributed by atoms with van der Waals surface area (Å²) in [5.41, 5.74) is 1.79. The number of fused-ring (bicyclic) bond motifs is 1. The lowest BCUT2D eigenvalue weighted by molar-refractivity contribution is 0.102. The van der Waals surface area contributed by atoms with Crippen molar-refractivity contribution < 1.29 is 9.53 Å². The van der Waals surface area contributed by atoms with Crippen molar-refractivity contribution in [2.75, 3.05) is 12.4 Å². The lowest BCUT2D eigenvalue weighted by atomic mass is 10.2. The first-order chi connectivity index (χ1) is 9.76. The second-order valence-electron chi connectivity index (χ2n) is 4.22. The van der Waals surface area contributed by atoms with Crippen molar-refractivity contribution >= 4 is 22.6 Å². The Hall–Kier alpha value is -2.82. The predicted molar refractivity (Wildman–Crippen MR) is 75.9 cm³/mol. The van der Waals surface area contributed by atoms with Crippen LogP contribution < -0.4 is 10.1 Å². The second-order valence-corrected chi connectivity index (χ2v) is 4.22. The molecule has 0 aliphatic carbocycles. The molecule has 0 aliphatic heterocycles. The lowest BCUT2D eigenvalue weighted by Gasteiger charge is -2.06. The van der Waals surface area contributed by atoms with Gasteiger partial charge in [-0.1, -0.05) is 6.07 Å². The van der Waals surface area contributed by atoms with Gasteiger partial charge in [-0.15, -0.1) is 0 Å². The molecule has 99 valence electrons. The average Bonchev–Trinajstić information content (AvgIpc) is 2.95. The molecule has 2 aromatic heterocycles. The molecule has 2 N–H and O–H groups in total. The van der Waals surface area contributed by atoms with Crippen molar-refractivity contribution in [1.82, 2.24) is 9.97 Å². The van der Waals surface area contributed by atoms with Crippen LogP contribution in [-0.2, 0) is 0 Å². The van der Waals surface area contributed by atoms with Crippen LogP contribution in [0.5, 0.6) is 5.75 Å². The highest BCUT2D eigenvalue weighted by atomic mass is 16.5. The predicted octanol–water partition coefficient (Wildman–Crippen LogP) is 2.62. The zero-order valence-electron chi connectivity index (χ0n) is 10.8. The highest BCUT2D eigenvalue weighted by Gasteiger charge is 2.08. The summed E-state index contributed by atoms with van der Waals surface area (Å²) in [7, 11) is 1.56. The maximum absolute atomic E-state index is 12.1. The molecule has 5 nitrogen and oxygen atoms in total. The standard InChI is InChI=1S/C15H12N3O2/c1-20-13-4-2-3-11(8-13)15(19)18-12-7-10-5-6-16-14(10)17-9-12/h2-6,8-9H,1H3,(H,16,17)(H,18,19). The topological polar surface area (TPSA) is 67.0 Å². The number of carbonyl (C=O) groups is 1. The van der Waals surface area contributed by atoms with Crippen molar-refractivity contribution in [3.05, 3.63) is 54.4 Å². The maximum atomic E-state index is 12.1. The van der Waals surface area contributed by atoms with Gasteiger partial charge in [0.15, 0.2) is 0 Å². The molecular formula is C15H12N3O2. The molecule has 1 aromatic carbocycles. The number of rotatable bonds is 3. The van der Waals surface area contributed by atoms with E-state index in [1.165, 1.54) is 0 Å². The highest BCUT2D eigenvalue weighted by molar-refractivity contribution is 6.04. The lowest BCUT2D eigenvalue weighted by Crippen LogP contribution is -2.12. The maximum Gasteiger partial charge on any atom is 0.255 e. The number of benzene rings is 1. The molecule has 0 atom stereocenters.